The Labute approximate surface area is 106 Å². The second-order valence-corrected chi connectivity index (χ2v) is 4.96. The molecule has 0 aromatic rings. The SMILES string of the molecule is CC(O)CC(C)CNC(=O)[C@@H]1CC[C@H](C(=O)O)O1. The zero-order valence-electron chi connectivity index (χ0n) is 10.8. The van der Waals surface area contributed by atoms with Crippen molar-refractivity contribution in [3.05, 3.63) is 0 Å². The normalized spacial score (nSPS) is 26.6. The van der Waals surface area contributed by atoms with Crippen LogP contribution in [0.5, 0.6) is 0 Å². The van der Waals surface area contributed by atoms with Gasteiger partial charge in [-0.05, 0) is 32.1 Å². The predicted octanol–water partition coefficient (Wildman–Crippen LogP) is 0.142. The van der Waals surface area contributed by atoms with Crippen molar-refractivity contribution in [1.82, 2.24) is 5.32 Å². The van der Waals surface area contributed by atoms with Crippen molar-refractivity contribution in [3.63, 3.8) is 0 Å². The third kappa shape index (κ3) is 4.62. The fraction of sp³-hybridized carbons (Fsp3) is 0.833. The van der Waals surface area contributed by atoms with Gasteiger partial charge < -0.3 is 20.3 Å². The van der Waals surface area contributed by atoms with Crippen molar-refractivity contribution in [2.24, 2.45) is 5.92 Å². The number of carbonyl (C=O) groups is 2. The highest BCUT2D eigenvalue weighted by atomic mass is 16.5. The number of hydrogen-bond acceptors (Lipinski definition) is 4. The Morgan fingerprint density at radius 1 is 1.33 bits per heavy atom. The van der Waals surface area contributed by atoms with Crippen molar-refractivity contribution in [2.45, 2.75) is 51.4 Å². The summed E-state index contributed by atoms with van der Waals surface area (Å²) in [6.45, 7) is 4.10. The Hall–Kier alpha value is -1.14. The summed E-state index contributed by atoms with van der Waals surface area (Å²) in [6, 6.07) is 0. The number of carbonyl (C=O) groups excluding carboxylic acids is 1. The number of ether oxygens (including phenoxy) is 1. The predicted molar refractivity (Wildman–Crippen MR) is 64.0 cm³/mol. The fourth-order valence-electron chi connectivity index (χ4n) is 2.07. The van der Waals surface area contributed by atoms with Crippen LogP contribution in [-0.2, 0) is 14.3 Å². The van der Waals surface area contributed by atoms with Gasteiger partial charge in [0.2, 0.25) is 5.91 Å². The summed E-state index contributed by atoms with van der Waals surface area (Å²) < 4.78 is 5.14. The molecule has 1 aliphatic heterocycles. The Kier molecular flexibility index (Phi) is 5.55. The highest BCUT2D eigenvalue weighted by molar-refractivity contribution is 5.82. The number of aliphatic hydroxyl groups is 1. The number of carboxylic acid groups (broad SMARTS) is 1. The minimum atomic E-state index is -1.02. The van der Waals surface area contributed by atoms with E-state index in [1.165, 1.54) is 0 Å². The lowest BCUT2D eigenvalue weighted by Crippen LogP contribution is -2.38. The molecule has 104 valence electrons. The molecule has 1 amide bonds. The van der Waals surface area contributed by atoms with E-state index >= 15 is 0 Å². The smallest absolute Gasteiger partial charge is 0.332 e. The van der Waals surface area contributed by atoms with Gasteiger partial charge in [-0.25, -0.2) is 4.79 Å². The summed E-state index contributed by atoms with van der Waals surface area (Å²) in [5.41, 5.74) is 0. The molecule has 0 saturated carbocycles. The van der Waals surface area contributed by atoms with Gasteiger partial charge >= 0.3 is 5.97 Å². The maximum atomic E-state index is 11.7. The maximum Gasteiger partial charge on any atom is 0.332 e. The molecule has 1 fully saturated rings. The largest absolute Gasteiger partial charge is 0.479 e. The standard InChI is InChI=1S/C12H21NO5/c1-7(5-8(2)14)6-13-11(15)9-3-4-10(18-9)12(16)17/h7-10,14H,3-6H2,1-2H3,(H,13,15)(H,16,17)/t7?,8?,9-,10+/m0/s1. The van der Waals surface area contributed by atoms with E-state index in [1.807, 2.05) is 6.92 Å². The molecule has 0 aromatic heterocycles. The van der Waals surface area contributed by atoms with E-state index in [0.29, 0.717) is 25.8 Å². The van der Waals surface area contributed by atoms with Crippen molar-refractivity contribution in [2.75, 3.05) is 6.54 Å². The Morgan fingerprint density at radius 3 is 2.44 bits per heavy atom. The van der Waals surface area contributed by atoms with Crippen LogP contribution in [0, 0.1) is 5.92 Å². The molecule has 3 N–H and O–H groups in total. The van der Waals surface area contributed by atoms with Gasteiger partial charge in [0.25, 0.3) is 0 Å². The van der Waals surface area contributed by atoms with Crippen LogP contribution >= 0.6 is 0 Å². The summed E-state index contributed by atoms with van der Waals surface area (Å²) >= 11 is 0. The van der Waals surface area contributed by atoms with Gasteiger partial charge in [0, 0.05) is 6.54 Å². The summed E-state index contributed by atoms with van der Waals surface area (Å²) in [6.07, 6.45) is -0.496. The molecule has 0 radical (unpaired) electrons. The molecule has 18 heavy (non-hydrogen) atoms. The zero-order valence-corrected chi connectivity index (χ0v) is 10.8. The number of aliphatic hydroxyl groups excluding tert-OH is 1. The lowest BCUT2D eigenvalue weighted by molar-refractivity contribution is -0.151. The van der Waals surface area contributed by atoms with Crippen molar-refractivity contribution in [3.8, 4) is 0 Å². The van der Waals surface area contributed by atoms with Crippen molar-refractivity contribution < 1.29 is 24.5 Å². The Morgan fingerprint density at radius 2 is 1.94 bits per heavy atom. The first kappa shape index (κ1) is 14.9. The third-order valence-electron chi connectivity index (χ3n) is 2.96. The topological polar surface area (TPSA) is 95.9 Å². The van der Waals surface area contributed by atoms with Crippen molar-refractivity contribution >= 4 is 11.9 Å². The van der Waals surface area contributed by atoms with E-state index in [-0.39, 0.29) is 11.8 Å². The lowest BCUT2D eigenvalue weighted by atomic mass is 10.0. The maximum absolute atomic E-state index is 11.7. The first-order chi connectivity index (χ1) is 8.40. The van der Waals surface area contributed by atoms with E-state index in [1.54, 1.807) is 6.92 Å². The zero-order chi connectivity index (χ0) is 13.7. The second kappa shape index (κ2) is 6.70. The summed E-state index contributed by atoms with van der Waals surface area (Å²) in [4.78, 5) is 22.4. The highest BCUT2D eigenvalue weighted by Gasteiger charge is 2.34. The van der Waals surface area contributed by atoms with Crippen LogP contribution in [0.15, 0.2) is 0 Å². The van der Waals surface area contributed by atoms with Crippen molar-refractivity contribution in [1.29, 1.82) is 0 Å². The average molecular weight is 259 g/mol. The van der Waals surface area contributed by atoms with Crippen LogP contribution in [0.25, 0.3) is 0 Å². The molecule has 2 unspecified atom stereocenters. The van der Waals surface area contributed by atoms with Gasteiger partial charge in [-0.1, -0.05) is 6.92 Å². The molecule has 0 bridgehead atoms. The minimum Gasteiger partial charge on any atom is -0.479 e. The molecule has 0 spiro atoms. The van der Waals surface area contributed by atoms with Gasteiger partial charge in [0.15, 0.2) is 6.10 Å². The molecule has 1 aliphatic rings. The average Bonchev–Trinajstić information content (AvgIpc) is 2.74. The summed E-state index contributed by atoms with van der Waals surface area (Å²) in [5.74, 6) is -1.12. The lowest BCUT2D eigenvalue weighted by Gasteiger charge is -2.16. The molecular formula is C12H21NO5. The molecule has 1 saturated heterocycles. The number of rotatable bonds is 6. The van der Waals surface area contributed by atoms with Crippen LogP contribution in [0.4, 0.5) is 0 Å². The van der Waals surface area contributed by atoms with Crippen LogP contribution in [-0.4, -0.2) is 46.9 Å². The van der Waals surface area contributed by atoms with E-state index in [4.69, 9.17) is 9.84 Å². The molecule has 6 heteroatoms. The van der Waals surface area contributed by atoms with E-state index in [0.717, 1.165) is 0 Å². The first-order valence-electron chi connectivity index (χ1n) is 6.24. The van der Waals surface area contributed by atoms with E-state index < -0.39 is 24.3 Å². The van der Waals surface area contributed by atoms with Crippen LogP contribution < -0.4 is 5.32 Å². The Balaban J connectivity index is 2.28. The number of carboxylic acids is 1. The second-order valence-electron chi connectivity index (χ2n) is 4.96. The van der Waals surface area contributed by atoms with E-state index in [2.05, 4.69) is 5.32 Å². The van der Waals surface area contributed by atoms with Crippen LogP contribution in [0.1, 0.15) is 33.1 Å². The number of amides is 1. The number of nitrogens with one attached hydrogen (secondary N) is 1. The third-order valence-corrected chi connectivity index (χ3v) is 2.96. The van der Waals surface area contributed by atoms with Gasteiger partial charge in [-0.15, -0.1) is 0 Å². The highest BCUT2D eigenvalue weighted by Crippen LogP contribution is 2.20. The molecule has 0 aliphatic carbocycles. The molecule has 6 nitrogen and oxygen atoms in total. The van der Waals surface area contributed by atoms with Crippen LogP contribution in [0.2, 0.25) is 0 Å². The summed E-state index contributed by atoms with van der Waals surface area (Å²) in [5, 5.41) is 20.7. The molecule has 1 heterocycles. The molecule has 4 atom stereocenters. The monoisotopic (exact) mass is 259 g/mol. The number of aliphatic carboxylic acids is 1. The number of hydrogen-bond donors (Lipinski definition) is 3. The minimum absolute atomic E-state index is 0.172. The molecule has 1 rings (SSSR count). The Bertz CT molecular complexity index is 305. The molecular weight excluding hydrogens is 238 g/mol. The molecule has 0 aromatic carbocycles. The fourth-order valence-corrected chi connectivity index (χ4v) is 2.07. The van der Waals surface area contributed by atoms with Gasteiger partial charge in [0.05, 0.1) is 6.10 Å². The van der Waals surface area contributed by atoms with Gasteiger partial charge in [0.1, 0.15) is 6.10 Å². The van der Waals surface area contributed by atoms with Gasteiger partial charge in [-0.3, -0.25) is 4.79 Å². The first-order valence-corrected chi connectivity index (χ1v) is 6.24. The van der Waals surface area contributed by atoms with E-state index in [9.17, 15) is 14.7 Å². The summed E-state index contributed by atoms with van der Waals surface area (Å²) in [7, 11) is 0. The van der Waals surface area contributed by atoms with Crippen LogP contribution in [0.3, 0.4) is 0 Å². The van der Waals surface area contributed by atoms with Gasteiger partial charge in [-0.2, -0.15) is 0 Å². The quantitative estimate of drug-likeness (QED) is 0.630.